The number of rotatable bonds is 5. The van der Waals surface area contributed by atoms with Gasteiger partial charge in [0.2, 0.25) is 0 Å². The zero-order valence-electron chi connectivity index (χ0n) is 10.7. The molecule has 0 aromatic heterocycles. The summed E-state index contributed by atoms with van der Waals surface area (Å²) in [5, 5.41) is 0. The van der Waals surface area contributed by atoms with Gasteiger partial charge in [0.05, 0.1) is 0 Å². The van der Waals surface area contributed by atoms with Crippen LogP contribution in [0.25, 0.3) is 6.08 Å². The second kappa shape index (κ2) is 6.70. The Kier molecular flexibility index (Phi) is 5.22. The molecule has 0 fully saturated rings. The topological polar surface area (TPSA) is 0 Å². The van der Waals surface area contributed by atoms with Gasteiger partial charge in [-0.25, -0.2) is 0 Å². The van der Waals surface area contributed by atoms with Crippen LogP contribution in [0.2, 0.25) is 0 Å². The quantitative estimate of drug-likeness (QED) is 0.621. The molecule has 0 radical (unpaired) electrons. The molecule has 0 nitrogen and oxygen atoms in total. The van der Waals surface area contributed by atoms with Crippen molar-refractivity contribution in [1.29, 1.82) is 0 Å². The third kappa shape index (κ3) is 4.69. The number of hydrogen-bond donors (Lipinski definition) is 0. The largest absolute Gasteiger partial charge is 0.0988 e. The van der Waals surface area contributed by atoms with E-state index >= 15 is 0 Å². The van der Waals surface area contributed by atoms with E-state index in [9.17, 15) is 0 Å². The molecular weight excluding hydrogens is 204 g/mol. The lowest BCUT2D eigenvalue weighted by atomic mass is 10.0. The van der Waals surface area contributed by atoms with E-state index in [0.29, 0.717) is 0 Å². The monoisotopic (exact) mass is 224 g/mol. The molecule has 1 aromatic rings. The van der Waals surface area contributed by atoms with Gasteiger partial charge in [-0.1, -0.05) is 72.9 Å². The van der Waals surface area contributed by atoms with Crippen LogP contribution < -0.4 is 0 Å². The first-order valence-electron chi connectivity index (χ1n) is 5.83. The fourth-order valence-electron chi connectivity index (χ4n) is 1.55. The Morgan fingerprint density at radius 3 is 2.59 bits per heavy atom. The van der Waals surface area contributed by atoms with Crippen LogP contribution in [0.3, 0.4) is 0 Å². The molecule has 0 spiro atoms. The summed E-state index contributed by atoms with van der Waals surface area (Å²) in [6.45, 7) is 11.7. The molecule has 0 aliphatic carbocycles. The van der Waals surface area contributed by atoms with E-state index < -0.39 is 0 Å². The first-order valence-corrected chi connectivity index (χ1v) is 5.83. The van der Waals surface area contributed by atoms with Crippen molar-refractivity contribution < 1.29 is 0 Å². The Bertz CT molecular complexity index is 459. The first-order chi connectivity index (χ1) is 8.15. The van der Waals surface area contributed by atoms with Crippen LogP contribution in [0.4, 0.5) is 0 Å². The molecule has 1 aromatic carbocycles. The highest BCUT2D eigenvalue weighted by Crippen LogP contribution is 2.11. The van der Waals surface area contributed by atoms with Crippen molar-refractivity contribution in [2.75, 3.05) is 0 Å². The predicted molar refractivity (Wildman–Crippen MR) is 77.9 cm³/mol. The van der Waals surface area contributed by atoms with Gasteiger partial charge < -0.3 is 0 Å². The molecule has 88 valence electrons. The molecule has 0 unspecified atom stereocenters. The number of hydrogen-bond acceptors (Lipinski definition) is 0. The van der Waals surface area contributed by atoms with Gasteiger partial charge in [0.25, 0.3) is 0 Å². The predicted octanol–water partition coefficient (Wildman–Crippen LogP) is 4.95. The molecule has 0 heterocycles. The van der Waals surface area contributed by atoms with Crippen molar-refractivity contribution in [2.45, 2.75) is 20.3 Å². The van der Waals surface area contributed by atoms with E-state index in [4.69, 9.17) is 0 Å². The first kappa shape index (κ1) is 13.2. The van der Waals surface area contributed by atoms with Crippen LogP contribution in [-0.4, -0.2) is 0 Å². The molecule has 0 N–H and O–H groups in total. The average molecular weight is 224 g/mol. The lowest BCUT2D eigenvalue weighted by molar-refractivity contribution is 1.14. The summed E-state index contributed by atoms with van der Waals surface area (Å²) in [6, 6.07) is 8.46. The highest BCUT2D eigenvalue weighted by atomic mass is 14.0. The zero-order chi connectivity index (χ0) is 12.7. The summed E-state index contributed by atoms with van der Waals surface area (Å²) in [6.07, 6.45) is 8.96. The van der Waals surface area contributed by atoms with Crippen LogP contribution >= 0.6 is 0 Å². The van der Waals surface area contributed by atoms with Gasteiger partial charge in [-0.05, 0) is 31.4 Å². The molecule has 0 aliphatic rings. The summed E-state index contributed by atoms with van der Waals surface area (Å²) < 4.78 is 0. The average Bonchev–Trinajstić information content (AvgIpc) is 2.36. The van der Waals surface area contributed by atoms with E-state index in [-0.39, 0.29) is 0 Å². The minimum absolute atomic E-state index is 0.975. The molecule has 0 atom stereocenters. The highest BCUT2D eigenvalue weighted by Gasteiger charge is 1.95. The standard InChI is InChI=1S/C17H20/c1-5-14(3)10-11-15(4)12-17-9-7-8-16(6-2)13-17/h5-11,13H,1-2,12H2,3-4H3/b14-10-,15-11+. The lowest BCUT2D eigenvalue weighted by Gasteiger charge is -2.02. The Morgan fingerprint density at radius 1 is 1.18 bits per heavy atom. The Balaban J connectivity index is 2.76. The minimum Gasteiger partial charge on any atom is -0.0988 e. The van der Waals surface area contributed by atoms with Gasteiger partial charge in [-0.15, -0.1) is 0 Å². The molecule has 0 saturated carbocycles. The number of allylic oxidation sites excluding steroid dienone is 5. The fraction of sp³-hybridized carbons (Fsp3) is 0.176. The maximum Gasteiger partial charge on any atom is -0.00665 e. The molecule has 0 heteroatoms. The van der Waals surface area contributed by atoms with Crippen molar-refractivity contribution in [3.63, 3.8) is 0 Å². The summed E-state index contributed by atoms with van der Waals surface area (Å²) >= 11 is 0. The Hall–Kier alpha value is -1.82. The molecule has 0 saturated heterocycles. The number of benzene rings is 1. The van der Waals surface area contributed by atoms with Crippen LogP contribution in [0, 0.1) is 0 Å². The van der Waals surface area contributed by atoms with Crippen LogP contribution in [0.1, 0.15) is 25.0 Å². The van der Waals surface area contributed by atoms with Gasteiger partial charge in [0, 0.05) is 0 Å². The third-order valence-corrected chi connectivity index (χ3v) is 2.62. The molecule has 0 amide bonds. The van der Waals surface area contributed by atoms with E-state index in [1.807, 2.05) is 12.2 Å². The molecule has 0 bridgehead atoms. The third-order valence-electron chi connectivity index (χ3n) is 2.62. The van der Waals surface area contributed by atoms with E-state index in [1.165, 1.54) is 22.3 Å². The maximum absolute atomic E-state index is 3.79. The minimum atomic E-state index is 0.975. The normalized spacial score (nSPS) is 12.4. The Labute approximate surface area is 105 Å². The van der Waals surface area contributed by atoms with Crippen LogP contribution in [0.15, 0.2) is 66.8 Å². The highest BCUT2D eigenvalue weighted by molar-refractivity contribution is 5.48. The summed E-state index contributed by atoms with van der Waals surface area (Å²) in [5.74, 6) is 0. The second-order valence-electron chi connectivity index (χ2n) is 4.25. The zero-order valence-corrected chi connectivity index (χ0v) is 10.7. The molecule has 0 aliphatic heterocycles. The van der Waals surface area contributed by atoms with Gasteiger partial charge >= 0.3 is 0 Å². The summed E-state index contributed by atoms with van der Waals surface area (Å²) in [7, 11) is 0. The van der Waals surface area contributed by atoms with E-state index in [0.717, 1.165) is 6.42 Å². The van der Waals surface area contributed by atoms with Crippen molar-refractivity contribution in [3.8, 4) is 0 Å². The SMILES string of the molecule is C=C/C(C)=C\C=C(/C)Cc1cccc(C=C)c1. The van der Waals surface area contributed by atoms with Gasteiger partial charge in [0.15, 0.2) is 0 Å². The van der Waals surface area contributed by atoms with Crippen molar-refractivity contribution in [1.82, 2.24) is 0 Å². The van der Waals surface area contributed by atoms with E-state index in [1.54, 1.807) is 0 Å². The smallest absolute Gasteiger partial charge is 0.00665 e. The molecular formula is C17H20. The van der Waals surface area contributed by atoms with Gasteiger partial charge in [-0.2, -0.15) is 0 Å². The van der Waals surface area contributed by atoms with Crippen LogP contribution in [-0.2, 0) is 6.42 Å². The lowest BCUT2D eigenvalue weighted by Crippen LogP contribution is -1.87. The van der Waals surface area contributed by atoms with Crippen molar-refractivity contribution in [3.05, 3.63) is 77.9 Å². The van der Waals surface area contributed by atoms with Crippen LogP contribution in [0.5, 0.6) is 0 Å². The molecule has 1 rings (SSSR count). The molecule has 17 heavy (non-hydrogen) atoms. The summed E-state index contributed by atoms with van der Waals surface area (Å²) in [4.78, 5) is 0. The van der Waals surface area contributed by atoms with Crippen molar-refractivity contribution >= 4 is 6.08 Å². The van der Waals surface area contributed by atoms with Gasteiger partial charge in [0.1, 0.15) is 0 Å². The van der Waals surface area contributed by atoms with Crippen molar-refractivity contribution in [2.24, 2.45) is 0 Å². The Morgan fingerprint density at radius 2 is 1.94 bits per heavy atom. The summed E-state index contributed by atoms with van der Waals surface area (Å²) in [5.41, 5.74) is 5.02. The maximum atomic E-state index is 3.79. The fourth-order valence-corrected chi connectivity index (χ4v) is 1.55. The van der Waals surface area contributed by atoms with Gasteiger partial charge in [-0.3, -0.25) is 0 Å². The second-order valence-corrected chi connectivity index (χ2v) is 4.25. The van der Waals surface area contributed by atoms with E-state index in [2.05, 4.69) is 63.4 Å².